The summed E-state index contributed by atoms with van der Waals surface area (Å²) in [6.07, 6.45) is 6.88. The fraction of sp³-hybridized carbons (Fsp3) is 0.706. The SMILES string of the molecule is C=CC1C(=O)OC(CCOC)C(C)/C=C(\C)C12OC1CCC(O)C2C1C.CC.CC.COC.COC.O=C(O)c1ccc[nH]1. The molecular formula is C34H61NO9. The summed E-state index contributed by atoms with van der Waals surface area (Å²) < 4.78 is 26.1. The van der Waals surface area contributed by atoms with Crippen LogP contribution in [0.3, 0.4) is 0 Å². The van der Waals surface area contributed by atoms with E-state index in [1.54, 1.807) is 53.9 Å². The first-order valence-corrected chi connectivity index (χ1v) is 15.5. The maximum atomic E-state index is 13.1. The Bertz CT molecular complexity index is 931. The standard InChI is InChI=1S/C21H32O5.C5H5NO2.2C2H6O.2C2H6/c1-6-15-20(23)25-17(9-10-24-5)12(2)11-13(3)21(15)19-14(4)18(26-21)8-7-16(19)22;7-5(8)4-2-1-3-6-4;2*1-3-2;2*1-2/h6,11-12,14-19,22H,1,7-10H2,2-5H3;1-3,6H,(H,7,8);2*1-2H3;2*1-2H3/b13-11+;;;;;. The van der Waals surface area contributed by atoms with Crippen molar-refractivity contribution in [3.63, 3.8) is 0 Å². The third kappa shape index (κ3) is 11.8. The van der Waals surface area contributed by atoms with Crippen molar-refractivity contribution in [2.24, 2.45) is 23.7 Å². The molecule has 2 bridgehead atoms. The first kappa shape index (κ1) is 43.6. The van der Waals surface area contributed by atoms with Gasteiger partial charge in [-0.3, -0.25) is 4.79 Å². The van der Waals surface area contributed by atoms with Crippen LogP contribution in [0.4, 0.5) is 0 Å². The number of rotatable bonds is 5. The van der Waals surface area contributed by atoms with E-state index in [2.05, 4.69) is 41.0 Å². The average Bonchev–Trinajstić information content (AvgIpc) is 3.61. The molecule has 1 aliphatic carbocycles. The van der Waals surface area contributed by atoms with Crippen LogP contribution in [0.25, 0.3) is 0 Å². The van der Waals surface area contributed by atoms with Crippen LogP contribution >= 0.6 is 0 Å². The van der Waals surface area contributed by atoms with Gasteiger partial charge in [0.05, 0.1) is 12.2 Å². The number of aliphatic hydroxyl groups is 1. The summed E-state index contributed by atoms with van der Waals surface area (Å²) in [5, 5.41) is 19.0. The summed E-state index contributed by atoms with van der Waals surface area (Å²) in [5.74, 6) is -1.75. The molecule has 4 rings (SSSR count). The number of carbonyl (C=O) groups is 2. The monoisotopic (exact) mass is 627 g/mol. The number of H-pyrrole nitrogens is 1. The minimum atomic E-state index is -0.921. The van der Waals surface area contributed by atoms with Crippen LogP contribution in [0.15, 0.2) is 42.6 Å². The molecular weight excluding hydrogens is 566 g/mol. The molecule has 256 valence electrons. The molecule has 3 N–H and O–H groups in total. The molecule has 10 heteroatoms. The number of carboxylic acid groups (broad SMARTS) is 1. The smallest absolute Gasteiger partial charge is 0.352 e. The van der Waals surface area contributed by atoms with E-state index in [0.29, 0.717) is 19.4 Å². The van der Waals surface area contributed by atoms with E-state index in [1.807, 2.05) is 34.6 Å². The number of aromatic carboxylic acids is 1. The van der Waals surface area contributed by atoms with Crippen molar-refractivity contribution in [1.29, 1.82) is 0 Å². The van der Waals surface area contributed by atoms with Gasteiger partial charge in [0, 0.05) is 66.6 Å². The molecule has 1 aromatic heterocycles. The van der Waals surface area contributed by atoms with Crippen LogP contribution < -0.4 is 0 Å². The van der Waals surface area contributed by atoms with Gasteiger partial charge in [-0.2, -0.15) is 0 Å². The van der Waals surface area contributed by atoms with Gasteiger partial charge in [-0.25, -0.2) is 4.79 Å². The quantitative estimate of drug-likeness (QED) is 0.259. The number of nitrogens with one attached hydrogen (secondary N) is 1. The van der Waals surface area contributed by atoms with Crippen LogP contribution in [0, 0.1) is 23.7 Å². The molecule has 3 heterocycles. The van der Waals surface area contributed by atoms with E-state index in [4.69, 9.17) is 19.3 Å². The number of hydrogen-bond acceptors (Lipinski definition) is 8. The zero-order valence-electron chi connectivity index (χ0n) is 29.2. The molecule has 8 unspecified atom stereocenters. The lowest BCUT2D eigenvalue weighted by atomic mass is 9.63. The second kappa shape index (κ2) is 23.8. The van der Waals surface area contributed by atoms with Crippen LogP contribution in [-0.2, 0) is 28.5 Å². The molecule has 1 saturated heterocycles. The molecule has 0 aromatic carbocycles. The number of cyclic esters (lactones) is 1. The molecule has 2 fully saturated rings. The van der Waals surface area contributed by atoms with E-state index in [1.165, 1.54) is 6.07 Å². The molecule has 0 amide bonds. The topological polar surface area (TPSA) is 137 Å². The average molecular weight is 628 g/mol. The lowest BCUT2D eigenvalue weighted by Crippen LogP contribution is -2.53. The number of aliphatic hydroxyl groups excluding tert-OH is 1. The molecule has 1 saturated carbocycles. The number of esters is 1. The van der Waals surface area contributed by atoms with Crippen molar-refractivity contribution in [2.75, 3.05) is 42.2 Å². The maximum Gasteiger partial charge on any atom is 0.352 e. The largest absolute Gasteiger partial charge is 0.477 e. The number of carboxylic acids is 1. The van der Waals surface area contributed by atoms with Gasteiger partial charge >= 0.3 is 11.9 Å². The Kier molecular flexibility index (Phi) is 23.6. The minimum absolute atomic E-state index is 0.0493. The molecule has 1 aromatic rings. The number of ether oxygens (including phenoxy) is 5. The van der Waals surface area contributed by atoms with Gasteiger partial charge in [0.1, 0.15) is 23.3 Å². The maximum absolute atomic E-state index is 13.1. The van der Waals surface area contributed by atoms with Gasteiger partial charge in [0.2, 0.25) is 0 Å². The Hall–Kier alpha value is -2.50. The first-order valence-electron chi connectivity index (χ1n) is 15.5. The number of fused-ring (bicyclic) bond motifs is 3. The zero-order valence-corrected chi connectivity index (χ0v) is 29.2. The van der Waals surface area contributed by atoms with Gasteiger partial charge in [-0.05, 0) is 43.4 Å². The predicted molar refractivity (Wildman–Crippen MR) is 175 cm³/mol. The van der Waals surface area contributed by atoms with Crippen molar-refractivity contribution in [1.82, 2.24) is 4.98 Å². The second-order valence-corrected chi connectivity index (χ2v) is 10.4. The van der Waals surface area contributed by atoms with Gasteiger partial charge in [-0.1, -0.05) is 53.7 Å². The zero-order chi connectivity index (χ0) is 34.5. The number of aromatic amines is 1. The van der Waals surface area contributed by atoms with E-state index in [9.17, 15) is 14.7 Å². The lowest BCUT2D eigenvalue weighted by molar-refractivity contribution is -0.168. The van der Waals surface area contributed by atoms with Crippen molar-refractivity contribution in [2.45, 2.75) is 91.6 Å². The van der Waals surface area contributed by atoms with Gasteiger partial charge in [0.15, 0.2) is 0 Å². The Balaban J connectivity index is 0. The van der Waals surface area contributed by atoms with Gasteiger partial charge < -0.3 is 38.9 Å². The highest BCUT2D eigenvalue weighted by Gasteiger charge is 2.63. The number of methoxy groups -OCH3 is 3. The van der Waals surface area contributed by atoms with E-state index in [0.717, 1.165) is 12.0 Å². The predicted octanol–water partition coefficient (Wildman–Crippen LogP) is 6.17. The molecule has 44 heavy (non-hydrogen) atoms. The Morgan fingerprint density at radius 2 is 1.68 bits per heavy atom. The summed E-state index contributed by atoms with van der Waals surface area (Å²) in [5.41, 5.74) is 0.374. The third-order valence-corrected chi connectivity index (χ3v) is 7.53. The first-order chi connectivity index (χ1) is 21.0. The third-order valence-electron chi connectivity index (χ3n) is 7.53. The van der Waals surface area contributed by atoms with Crippen LogP contribution in [0.5, 0.6) is 0 Å². The highest BCUT2D eigenvalue weighted by molar-refractivity contribution is 5.85. The van der Waals surface area contributed by atoms with Gasteiger partial charge in [-0.15, -0.1) is 6.58 Å². The highest BCUT2D eigenvalue weighted by atomic mass is 16.6. The van der Waals surface area contributed by atoms with Gasteiger partial charge in [0.25, 0.3) is 0 Å². The molecule has 2 aliphatic heterocycles. The van der Waals surface area contributed by atoms with Crippen LogP contribution in [-0.4, -0.2) is 93.2 Å². The van der Waals surface area contributed by atoms with E-state index >= 15 is 0 Å². The van der Waals surface area contributed by atoms with Crippen molar-refractivity contribution < 1.29 is 43.5 Å². The summed E-state index contributed by atoms with van der Waals surface area (Å²) in [7, 11) is 8.15. The van der Waals surface area contributed by atoms with Crippen LogP contribution in [0.2, 0.25) is 0 Å². The molecule has 0 radical (unpaired) electrons. The van der Waals surface area contributed by atoms with Crippen LogP contribution in [0.1, 0.15) is 78.2 Å². The van der Waals surface area contributed by atoms with Crippen molar-refractivity contribution in [3.05, 3.63) is 48.3 Å². The molecule has 1 spiro atoms. The molecule has 10 nitrogen and oxygen atoms in total. The van der Waals surface area contributed by atoms with E-state index < -0.39 is 23.6 Å². The summed E-state index contributed by atoms with van der Waals surface area (Å²) in [6.45, 7) is 18.7. The number of carbonyl (C=O) groups excluding carboxylic acids is 1. The second-order valence-electron chi connectivity index (χ2n) is 10.4. The number of hydrogen-bond donors (Lipinski definition) is 3. The highest BCUT2D eigenvalue weighted by Crippen LogP contribution is 2.56. The van der Waals surface area contributed by atoms with Crippen molar-refractivity contribution in [3.8, 4) is 0 Å². The molecule has 3 aliphatic rings. The Morgan fingerprint density at radius 3 is 2.11 bits per heavy atom. The minimum Gasteiger partial charge on any atom is -0.477 e. The Labute approximate surface area is 266 Å². The lowest BCUT2D eigenvalue weighted by Gasteiger charge is -2.44. The fourth-order valence-electron chi connectivity index (χ4n) is 5.84. The van der Waals surface area contributed by atoms with E-state index in [-0.39, 0.29) is 41.6 Å². The normalized spacial score (nSPS) is 30.9. The summed E-state index contributed by atoms with van der Waals surface area (Å²) >= 11 is 0. The molecule has 8 atom stereocenters. The summed E-state index contributed by atoms with van der Waals surface area (Å²) in [4.78, 5) is 25.7. The van der Waals surface area contributed by atoms with Crippen molar-refractivity contribution >= 4 is 11.9 Å². The number of aromatic nitrogens is 1. The summed E-state index contributed by atoms with van der Waals surface area (Å²) in [6, 6.07) is 3.14. The fourth-order valence-corrected chi connectivity index (χ4v) is 5.84. The Morgan fingerprint density at radius 1 is 1.11 bits per heavy atom.